The van der Waals surface area contributed by atoms with Gasteiger partial charge in [-0.05, 0) is 55.3 Å². The molecule has 0 radical (unpaired) electrons. The molecule has 0 atom stereocenters. The second kappa shape index (κ2) is 12.2. The van der Waals surface area contributed by atoms with E-state index in [-0.39, 0.29) is 5.75 Å². The molecule has 5 nitrogen and oxygen atoms in total. The molecule has 0 spiro atoms. The van der Waals surface area contributed by atoms with Crippen molar-refractivity contribution in [1.82, 2.24) is 5.32 Å². The Morgan fingerprint density at radius 1 is 0.909 bits per heavy atom. The molecule has 3 rings (SSSR count). The molecule has 0 aliphatic rings. The van der Waals surface area contributed by atoms with Crippen LogP contribution in [-0.4, -0.2) is 26.4 Å². The standard InChI is InChI=1S/C26H29NO4.C2H4/c1-6-24(27-16-19-7-10-21(29-3)15-26(19)31-5)22-11-8-18(13-17(22)2)23-14-20(28)9-12-25(23)30-4;1-2/h6-15,27-28H,16H2,1-5H3;1-2H2/b24-6+;. The van der Waals surface area contributed by atoms with Gasteiger partial charge in [-0.2, -0.15) is 0 Å². The van der Waals surface area contributed by atoms with E-state index in [0.29, 0.717) is 6.54 Å². The number of methoxy groups -OCH3 is 3. The molecule has 33 heavy (non-hydrogen) atoms. The maximum atomic E-state index is 9.91. The zero-order chi connectivity index (χ0) is 24.4. The zero-order valence-electron chi connectivity index (χ0n) is 20.1. The molecule has 0 saturated heterocycles. The van der Waals surface area contributed by atoms with E-state index in [1.165, 1.54) is 0 Å². The first-order chi connectivity index (χ1) is 16.0. The number of ether oxygens (including phenoxy) is 3. The molecule has 0 saturated carbocycles. The van der Waals surface area contributed by atoms with Gasteiger partial charge in [-0.1, -0.05) is 24.3 Å². The van der Waals surface area contributed by atoms with Gasteiger partial charge in [-0.15, -0.1) is 13.2 Å². The van der Waals surface area contributed by atoms with Gasteiger partial charge in [0.2, 0.25) is 0 Å². The summed E-state index contributed by atoms with van der Waals surface area (Å²) in [4.78, 5) is 0. The molecule has 2 N–H and O–H groups in total. The molecule has 0 heterocycles. The molecule has 3 aromatic carbocycles. The largest absolute Gasteiger partial charge is 0.508 e. The second-order valence-electron chi connectivity index (χ2n) is 7.15. The van der Waals surface area contributed by atoms with Crippen LogP contribution in [0.2, 0.25) is 0 Å². The molecular weight excluding hydrogens is 414 g/mol. The molecule has 0 aliphatic carbocycles. The van der Waals surface area contributed by atoms with E-state index in [4.69, 9.17) is 14.2 Å². The number of hydrogen-bond acceptors (Lipinski definition) is 5. The van der Waals surface area contributed by atoms with Crippen LogP contribution in [-0.2, 0) is 6.54 Å². The van der Waals surface area contributed by atoms with Gasteiger partial charge in [-0.25, -0.2) is 0 Å². The van der Waals surface area contributed by atoms with Crippen molar-refractivity contribution < 1.29 is 19.3 Å². The summed E-state index contributed by atoms with van der Waals surface area (Å²) in [7, 11) is 4.93. The van der Waals surface area contributed by atoms with Crippen LogP contribution in [0.25, 0.3) is 16.8 Å². The Balaban J connectivity index is 0.00000187. The highest BCUT2D eigenvalue weighted by Crippen LogP contribution is 2.35. The Morgan fingerprint density at radius 2 is 1.64 bits per heavy atom. The predicted molar refractivity (Wildman–Crippen MR) is 136 cm³/mol. The van der Waals surface area contributed by atoms with Gasteiger partial charge >= 0.3 is 0 Å². The van der Waals surface area contributed by atoms with Crippen molar-refractivity contribution in [2.75, 3.05) is 21.3 Å². The number of aromatic hydroxyl groups is 1. The van der Waals surface area contributed by atoms with E-state index in [9.17, 15) is 5.11 Å². The molecule has 0 fully saturated rings. The number of rotatable bonds is 8. The first-order valence-corrected chi connectivity index (χ1v) is 10.6. The van der Waals surface area contributed by atoms with Crippen LogP contribution >= 0.6 is 0 Å². The van der Waals surface area contributed by atoms with Crippen molar-refractivity contribution in [3.05, 3.63) is 90.5 Å². The van der Waals surface area contributed by atoms with Crippen molar-refractivity contribution in [1.29, 1.82) is 0 Å². The Kier molecular flexibility index (Phi) is 9.43. The number of allylic oxidation sites excluding steroid dienone is 1. The topological polar surface area (TPSA) is 60.0 Å². The maximum absolute atomic E-state index is 9.91. The summed E-state index contributed by atoms with van der Waals surface area (Å²) >= 11 is 0. The van der Waals surface area contributed by atoms with Crippen molar-refractivity contribution in [3.63, 3.8) is 0 Å². The zero-order valence-corrected chi connectivity index (χ0v) is 20.1. The summed E-state index contributed by atoms with van der Waals surface area (Å²) in [5.74, 6) is 2.48. The van der Waals surface area contributed by atoms with E-state index in [2.05, 4.69) is 43.6 Å². The third-order valence-corrected chi connectivity index (χ3v) is 5.26. The minimum Gasteiger partial charge on any atom is -0.508 e. The number of benzene rings is 3. The van der Waals surface area contributed by atoms with Gasteiger partial charge in [0.05, 0.1) is 21.3 Å². The van der Waals surface area contributed by atoms with Gasteiger partial charge < -0.3 is 24.6 Å². The van der Waals surface area contributed by atoms with Crippen LogP contribution in [0.15, 0.2) is 73.8 Å². The molecule has 3 aromatic rings. The van der Waals surface area contributed by atoms with E-state index in [1.807, 2.05) is 31.2 Å². The SMILES string of the molecule is C/C=C(/NCc1ccc(OC)cc1OC)c1ccc(-c2cc(O)ccc2OC)cc1C.C=C. The number of hydrogen-bond donors (Lipinski definition) is 2. The van der Waals surface area contributed by atoms with Gasteiger partial charge in [0.1, 0.15) is 23.0 Å². The van der Waals surface area contributed by atoms with Crippen LogP contribution in [0.3, 0.4) is 0 Å². The number of phenolic OH excluding ortho intramolecular Hbond substituents is 1. The lowest BCUT2D eigenvalue weighted by molar-refractivity contribution is 0.390. The summed E-state index contributed by atoms with van der Waals surface area (Å²) in [6.07, 6.45) is 2.06. The molecule has 0 bridgehead atoms. The van der Waals surface area contributed by atoms with Crippen LogP contribution in [0.5, 0.6) is 23.0 Å². The summed E-state index contributed by atoms with van der Waals surface area (Å²) in [6.45, 7) is 10.7. The third-order valence-electron chi connectivity index (χ3n) is 5.26. The Morgan fingerprint density at radius 3 is 2.24 bits per heavy atom. The number of aryl methyl sites for hydroxylation is 1. The average Bonchev–Trinajstić information content (AvgIpc) is 2.86. The quantitative estimate of drug-likeness (QED) is 0.394. The molecule has 0 unspecified atom stereocenters. The average molecular weight is 448 g/mol. The van der Waals surface area contributed by atoms with Crippen LogP contribution in [0.4, 0.5) is 0 Å². The normalized spacial score (nSPS) is 10.6. The lowest BCUT2D eigenvalue weighted by Gasteiger charge is -2.17. The van der Waals surface area contributed by atoms with Crippen LogP contribution in [0.1, 0.15) is 23.6 Å². The van der Waals surface area contributed by atoms with E-state index < -0.39 is 0 Å². The minimum atomic E-state index is 0.210. The Labute approximate surface area is 197 Å². The summed E-state index contributed by atoms with van der Waals surface area (Å²) < 4.78 is 16.3. The maximum Gasteiger partial charge on any atom is 0.127 e. The van der Waals surface area contributed by atoms with E-state index in [1.54, 1.807) is 39.5 Å². The van der Waals surface area contributed by atoms with Gasteiger partial charge in [-0.3, -0.25) is 0 Å². The highest BCUT2D eigenvalue weighted by molar-refractivity contribution is 5.76. The van der Waals surface area contributed by atoms with Crippen molar-refractivity contribution >= 4 is 5.70 Å². The second-order valence-corrected chi connectivity index (χ2v) is 7.15. The molecule has 5 heteroatoms. The van der Waals surface area contributed by atoms with E-state index >= 15 is 0 Å². The molecule has 0 aliphatic heterocycles. The van der Waals surface area contributed by atoms with Crippen molar-refractivity contribution in [2.24, 2.45) is 0 Å². The molecule has 0 amide bonds. The van der Waals surface area contributed by atoms with E-state index in [0.717, 1.165) is 50.8 Å². The minimum absolute atomic E-state index is 0.210. The number of nitrogens with one attached hydrogen (secondary N) is 1. The predicted octanol–water partition coefficient (Wildman–Crippen LogP) is 6.35. The van der Waals surface area contributed by atoms with Gasteiger partial charge in [0.25, 0.3) is 0 Å². The lowest BCUT2D eigenvalue weighted by atomic mass is 9.97. The Hall–Kier alpha value is -3.86. The first-order valence-electron chi connectivity index (χ1n) is 10.6. The fraction of sp³-hybridized carbons (Fsp3) is 0.214. The fourth-order valence-electron chi connectivity index (χ4n) is 3.60. The van der Waals surface area contributed by atoms with Crippen LogP contribution in [0, 0.1) is 6.92 Å². The van der Waals surface area contributed by atoms with Crippen LogP contribution < -0.4 is 19.5 Å². The number of phenols is 1. The summed E-state index contributed by atoms with van der Waals surface area (Å²) in [5.41, 5.74) is 6.14. The summed E-state index contributed by atoms with van der Waals surface area (Å²) in [6, 6.07) is 17.2. The van der Waals surface area contributed by atoms with Crippen molar-refractivity contribution in [2.45, 2.75) is 20.4 Å². The lowest BCUT2D eigenvalue weighted by Crippen LogP contribution is -2.13. The molecule has 174 valence electrons. The monoisotopic (exact) mass is 447 g/mol. The van der Waals surface area contributed by atoms with Gasteiger partial charge in [0, 0.05) is 35.0 Å². The third kappa shape index (κ3) is 6.10. The molecule has 0 aromatic heterocycles. The first kappa shape index (κ1) is 25.4. The highest BCUT2D eigenvalue weighted by Gasteiger charge is 2.12. The summed E-state index contributed by atoms with van der Waals surface area (Å²) in [5, 5.41) is 13.4. The Bertz CT molecular complexity index is 1110. The van der Waals surface area contributed by atoms with Crippen molar-refractivity contribution in [3.8, 4) is 34.1 Å². The molecular formula is C28H33NO4. The smallest absolute Gasteiger partial charge is 0.127 e. The highest BCUT2D eigenvalue weighted by atomic mass is 16.5. The van der Waals surface area contributed by atoms with Gasteiger partial charge in [0.15, 0.2) is 0 Å². The fourth-order valence-corrected chi connectivity index (χ4v) is 3.60.